The first-order valence-electron chi connectivity index (χ1n) is 12.2. The Morgan fingerprint density at radius 1 is 1.28 bits per heavy atom. The quantitative estimate of drug-likeness (QED) is 0.407. The van der Waals surface area contributed by atoms with E-state index in [0.29, 0.717) is 40.4 Å². The minimum absolute atomic E-state index is 0.0278. The Balaban J connectivity index is 1.79. The van der Waals surface area contributed by atoms with Gasteiger partial charge in [-0.3, -0.25) is 9.69 Å². The van der Waals surface area contributed by atoms with Crippen molar-refractivity contribution in [3.05, 3.63) is 59.5 Å². The summed E-state index contributed by atoms with van der Waals surface area (Å²) in [6.07, 6.45) is 4.80. The van der Waals surface area contributed by atoms with Crippen molar-refractivity contribution in [1.82, 2.24) is 0 Å². The smallest absolute Gasteiger partial charge is 0.341 e. The van der Waals surface area contributed by atoms with Crippen molar-refractivity contribution in [2.24, 2.45) is 11.1 Å². The van der Waals surface area contributed by atoms with Gasteiger partial charge in [-0.25, -0.2) is 4.79 Å². The van der Waals surface area contributed by atoms with Gasteiger partial charge in [-0.1, -0.05) is 13.8 Å². The first-order chi connectivity index (χ1) is 17.2. The largest absolute Gasteiger partial charge is 0.462 e. The molecular formula is C27H28BrN3O3S2. The van der Waals surface area contributed by atoms with Gasteiger partial charge in [0, 0.05) is 27.4 Å². The molecule has 0 fully saturated rings. The number of anilines is 1. The molecule has 1 aliphatic heterocycles. The van der Waals surface area contributed by atoms with Crippen LogP contribution in [-0.2, 0) is 22.4 Å². The molecule has 0 aromatic carbocycles. The molecule has 2 N–H and O–H groups in total. The fourth-order valence-electron chi connectivity index (χ4n) is 5.63. The molecule has 0 amide bonds. The summed E-state index contributed by atoms with van der Waals surface area (Å²) in [5.74, 6) is -0.562. The standard InChI is InChI=1S/C27H28BrN3O3S2/c1-4-34-26(33)22-14-7-5-6-8-18(14)36-25(22)31-16-11-27(2,3)12-17(32)23(16)21(15(13-29)24(31)30)19-9-10-20(28)35-19/h9-10,21H,4-8,11-12,30H2,1-3H3. The number of Topliss-reactive ketones (excluding diaryl/α,β-unsaturated/α-hetero) is 1. The second-order valence-corrected chi connectivity index (χ2v) is 13.8. The van der Waals surface area contributed by atoms with E-state index in [1.165, 1.54) is 16.2 Å². The zero-order chi connectivity index (χ0) is 25.8. The lowest BCUT2D eigenvalue weighted by molar-refractivity contribution is -0.118. The number of halogens is 1. The Labute approximate surface area is 227 Å². The Kier molecular flexibility index (Phi) is 6.64. The maximum Gasteiger partial charge on any atom is 0.341 e. The summed E-state index contributed by atoms with van der Waals surface area (Å²) < 4.78 is 6.42. The van der Waals surface area contributed by atoms with Gasteiger partial charge >= 0.3 is 5.97 Å². The van der Waals surface area contributed by atoms with Crippen molar-refractivity contribution >= 4 is 55.4 Å². The van der Waals surface area contributed by atoms with E-state index >= 15 is 0 Å². The predicted molar refractivity (Wildman–Crippen MR) is 146 cm³/mol. The first-order valence-corrected chi connectivity index (χ1v) is 14.6. The number of aryl methyl sites for hydroxylation is 1. The molecule has 2 aliphatic carbocycles. The highest BCUT2D eigenvalue weighted by Crippen LogP contribution is 2.53. The number of esters is 1. The van der Waals surface area contributed by atoms with E-state index in [4.69, 9.17) is 10.5 Å². The molecular weight excluding hydrogens is 558 g/mol. The summed E-state index contributed by atoms with van der Waals surface area (Å²) in [5, 5.41) is 11.0. The van der Waals surface area contributed by atoms with Crippen LogP contribution >= 0.6 is 38.6 Å². The lowest BCUT2D eigenvalue weighted by Crippen LogP contribution is -2.42. The van der Waals surface area contributed by atoms with Gasteiger partial charge in [0.05, 0.1) is 33.5 Å². The average molecular weight is 587 g/mol. The molecule has 1 atom stereocenters. The summed E-state index contributed by atoms with van der Waals surface area (Å²) in [6.45, 7) is 6.22. The molecule has 0 saturated heterocycles. The van der Waals surface area contributed by atoms with Gasteiger partial charge in [-0.05, 0) is 78.1 Å². The molecule has 36 heavy (non-hydrogen) atoms. The lowest BCUT2D eigenvalue weighted by Gasteiger charge is -2.43. The molecule has 9 heteroatoms. The van der Waals surface area contributed by atoms with E-state index in [2.05, 4.69) is 35.8 Å². The van der Waals surface area contributed by atoms with Crippen molar-refractivity contribution in [3.63, 3.8) is 0 Å². The Morgan fingerprint density at radius 3 is 2.69 bits per heavy atom. The van der Waals surface area contributed by atoms with Gasteiger partial charge < -0.3 is 10.5 Å². The molecule has 3 aliphatic rings. The third kappa shape index (κ3) is 4.13. The molecule has 0 radical (unpaired) electrons. The maximum absolute atomic E-state index is 13.7. The number of hydrogen-bond acceptors (Lipinski definition) is 8. The molecule has 188 valence electrons. The van der Waals surface area contributed by atoms with E-state index in [1.807, 2.05) is 17.0 Å². The van der Waals surface area contributed by atoms with Crippen molar-refractivity contribution in [2.45, 2.75) is 65.2 Å². The van der Waals surface area contributed by atoms with Gasteiger partial charge in [-0.15, -0.1) is 22.7 Å². The summed E-state index contributed by atoms with van der Waals surface area (Å²) in [4.78, 5) is 30.9. The number of hydrogen-bond donors (Lipinski definition) is 1. The molecule has 3 heterocycles. The molecule has 2 aromatic heterocycles. The molecule has 1 unspecified atom stereocenters. The number of allylic oxidation sites excluding steroid dienone is 3. The summed E-state index contributed by atoms with van der Waals surface area (Å²) in [5.41, 5.74) is 9.88. The highest BCUT2D eigenvalue weighted by Gasteiger charge is 2.46. The van der Waals surface area contributed by atoms with Gasteiger partial charge in [-0.2, -0.15) is 5.26 Å². The Bertz CT molecular complexity index is 1370. The van der Waals surface area contributed by atoms with E-state index in [-0.39, 0.29) is 23.8 Å². The first kappa shape index (κ1) is 25.2. The summed E-state index contributed by atoms with van der Waals surface area (Å²) in [6, 6.07) is 6.21. The van der Waals surface area contributed by atoms with Crippen LogP contribution in [0.25, 0.3) is 0 Å². The molecule has 5 rings (SSSR count). The van der Waals surface area contributed by atoms with Gasteiger partial charge in [0.25, 0.3) is 0 Å². The average Bonchev–Trinajstić information content (AvgIpc) is 3.41. The number of rotatable bonds is 4. The van der Waals surface area contributed by atoms with Crippen molar-refractivity contribution in [3.8, 4) is 6.07 Å². The molecule has 0 saturated carbocycles. The Morgan fingerprint density at radius 2 is 2.03 bits per heavy atom. The van der Waals surface area contributed by atoms with E-state index in [1.54, 1.807) is 18.3 Å². The minimum Gasteiger partial charge on any atom is -0.462 e. The monoisotopic (exact) mass is 585 g/mol. The van der Waals surface area contributed by atoms with Crippen molar-refractivity contribution in [1.29, 1.82) is 5.26 Å². The number of fused-ring (bicyclic) bond motifs is 1. The normalized spacial score (nSPS) is 21.2. The van der Waals surface area contributed by atoms with Crippen LogP contribution in [0, 0.1) is 16.7 Å². The summed E-state index contributed by atoms with van der Waals surface area (Å²) in [7, 11) is 0. The zero-order valence-corrected chi connectivity index (χ0v) is 23.8. The number of carbonyl (C=O) groups is 2. The third-order valence-electron chi connectivity index (χ3n) is 7.09. The topological polar surface area (TPSA) is 96.4 Å². The minimum atomic E-state index is -0.512. The molecule has 2 aromatic rings. The number of nitriles is 1. The fourth-order valence-corrected chi connectivity index (χ4v) is 8.59. The van der Waals surface area contributed by atoms with Gasteiger partial charge in [0.2, 0.25) is 0 Å². The summed E-state index contributed by atoms with van der Waals surface area (Å²) >= 11 is 6.58. The number of nitrogens with two attached hydrogens (primary N) is 1. The maximum atomic E-state index is 13.7. The van der Waals surface area contributed by atoms with Crippen LogP contribution in [0.4, 0.5) is 5.00 Å². The lowest BCUT2D eigenvalue weighted by atomic mass is 9.70. The number of carbonyl (C=O) groups excluding carboxylic acids is 2. The number of ketones is 1. The van der Waals surface area contributed by atoms with Crippen LogP contribution < -0.4 is 10.6 Å². The van der Waals surface area contributed by atoms with Crippen LogP contribution in [-0.4, -0.2) is 18.4 Å². The van der Waals surface area contributed by atoms with Crippen LogP contribution in [0.1, 0.15) is 78.0 Å². The SMILES string of the molecule is CCOC(=O)c1c(N2C(N)=C(C#N)C(c3ccc(Br)s3)C3=C2CC(C)(C)CC3=O)sc2c1CCCC2. The molecule has 0 bridgehead atoms. The van der Waals surface area contributed by atoms with Gasteiger partial charge in [0.1, 0.15) is 10.8 Å². The van der Waals surface area contributed by atoms with Crippen LogP contribution in [0.2, 0.25) is 0 Å². The number of nitrogens with zero attached hydrogens (tertiary/aromatic N) is 2. The van der Waals surface area contributed by atoms with Gasteiger partial charge in [0.15, 0.2) is 5.78 Å². The zero-order valence-electron chi connectivity index (χ0n) is 20.6. The predicted octanol–water partition coefficient (Wildman–Crippen LogP) is 6.57. The number of ether oxygens (including phenoxy) is 1. The van der Waals surface area contributed by atoms with Crippen molar-refractivity contribution in [2.75, 3.05) is 11.5 Å². The van der Waals surface area contributed by atoms with Crippen molar-refractivity contribution < 1.29 is 14.3 Å². The molecule has 6 nitrogen and oxygen atoms in total. The van der Waals surface area contributed by atoms with E-state index < -0.39 is 5.92 Å². The fraction of sp³-hybridized carbons (Fsp3) is 0.444. The molecule has 0 spiro atoms. The Hall–Kier alpha value is -2.41. The van der Waals surface area contributed by atoms with Crippen LogP contribution in [0.3, 0.4) is 0 Å². The highest BCUT2D eigenvalue weighted by molar-refractivity contribution is 9.11. The second kappa shape index (κ2) is 9.47. The number of thiophene rings is 2. The third-order valence-corrected chi connectivity index (χ3v) is 10.1. The van der Waals surface area contributed by atoms with E-state index in [9.17, 15) is 14.9 Å². The highest BCUT2D eigenvalue weighted by atomic mass is 79.9. The van der Waals surface area contributed by atoms with Crippen LogP contribution in [0.15, 0.2) is 38.6 Å². The second-order valence-electron chi connectivity index (χ2n) is 10.2. The van der Waals surface area contributed by atoms with E-state index in [0.717, 1.165) is 45.6 Å². The van der Waals surface area contributed by atoms with Crippen LogP contribution in [0.5, 0.6) is 0 Å².